The Hall–Kier alpha value is -2.82. The van der Waals surface area contributed by atoms with Gasteiger partial charge in [0.15, 0.2) is 5.76 Å². The molecule has 0 aliphatic rings. The number of hydrogen-bond donors (Lipinski definition) is 2. The molecular weight excluding hydrogens is 280 g/mol. The molecule has 0 unspecified atom stereocenters. The van der Waals surface area contributed by atoms with E-state index in [9.17, 15) is 9.59 Å². The van der Waals surface area contributed by atoms with E-state index >= 15 is 0 Å². The van der Waals surface area contributed by atoms with Gasteiger partial charge in [0.1, 0.15) is 0 Å². The first-order valence-electron chi connectivity index (χ1n) is 6.91. The van der Waals surface area contributed by atoms with E-state index in [1.807, 2.05) is 26.0 Å². The molecule has 0 spiro atoms. The van der Waals surface area contributed by atoms with Gasteiger partial charge in [-0.25, -0.2) is 0 Å². The number of allylic oxidation sites excluding steroid dienone is 1. The van der Waals surface area contributed by atoms with Gasteiger partial charge in [-0.2, -0.15) is 0 Å². The van der Waals surface area contributed by atoms with E-state index in [0.29, 0.717) is 12.2 Å². The standard InChI is InChI=1S/C17H18N2O3/c1-12(2)10-16(20)18-11-13-5-7-14(8-6-13)19-17(21)15-4-3-9-22-15/h3-10H,11H2,1-2H3,(H,18,20)(H,19,21). The molecule has 1 aromatic carbocycles. The van der Waals surface area contributed by atoms with E-state index in [4.69, 9.17) is 4.42 Å². The molecule has 0 bridgehead atoms. The third-order valence-corrected chi connectivity index (χ3v) is 2.84. The molecule has 5 heteroatoms. The van der Waals surface area contributed by atoms with Crippen molar-refractivity contribution in [3.05, 3.63) is 65.6 Å². The number of rotatable bonds is 5. The van der Waals surface area contributed by atoms with Crippen LogP contribution in [0.1, 0.15) is 30.0 Å². The molecule has 0 aliphatic carbocycles. The molecule has 1 aromatic heterocycles. The van der Waals surface area contributed by atoms with Crippen molar-refractivity contribution in [2.75, 3.05) is 5.32 Å². The first-order valence-corrected chi connectivity index (χ1v) is 6.91. The number of carbonyl (C=O) groups excluding carboxylic acids is 2. The van der Waals surface area contributed by atoms with Gasteiger partial charge >= 0.3 is 0 Å². The lowest BCUT2D eigenvalue weighted by Crippen LogP contribution is -2.20. The number of benzene rings is 1. The number of furan rings is 1. The second-order valence-corrected chi connectivity index (χ2v) is 5.07. The third-order valence-electron chi connectivity index (χ3n) is 2.84. The molecule has 0 saturated carbocycles. The second kappa shape index (κ2) is 7.26. The lowest BCUT2D eigenvalue weighted by molar-refractivity contribution is -0.116. The van der Waals surface area contributed by atoms with Crippen LogP contribution in [-0.4, -0.2) is 11.8 Å². The minimum Gasteiger partial charge on any atom is -0.459 e. The fourth-order valence-corrected chi connectivity index (χ4v) is 1.81. The van der Waals surface area contributed by atoms with Gasteiger partial charge in [-0.1, -0.05) is 17.7 Å². The van der Waals surface area contributed by atoms with Gasteiger partial charge in [0.2, 0.25) is 5.91 Å². The molecule has 0 aliphatic heterocycles. The van der Waals surface area contributed by atoms with Crippen molar-refractivity contribution >= 4 is 17.5 Å². The number of hydrogen-bond acceptors (Lipinski definition) is 3. The van der Waals surface area contributed by atoms with E-state index in [1.54, 1.807) is 30.3 Å². The van der Waals surface area contributed by atoms with Crippen LogP contribution in [0.5, 0.6) is 0 Å². The van der Waals surface area contributed by atoms with Crippen molar-refractivity contribution in [2.45, 2.75) is 20.4 Å². The van der Waals surface area contributed by atoms with E-state index in [-0.39, 0.29) is 17.6 Å². The number of carbonyl (C=O) groups is 2. The predicted molar refractivity (Wildman–Crippen MR) is 84.4 cm³/mol. The first kappa shape index (κ1) is 15.6. The van der Waals surface area contributed by atoms with E-state index in [1.165, 1.54) is 6.26 Å². The van der Waals surface area contributed by atoms with Gasteiger partial charge in [-0.3, -0.25) is 9.59 Å². The maximum Gasteiger partial charge on any atom is 0.291 e. The van der Waals surface area contributed by atoms with E-state index < -0.39 is 0 Å². The Morgan fingerprint density at radius 3 is 2.45 bits per heavy atom. The van der Waals surface area contributed by atoms with Crippen LogP contribution in [-0.2, 0) is 11.3 Å². The Labute approximate surface area is 129 Å². The van der Waals surface area contributed by atoms with E-state index in [0.717, 1.165) is 11.1 Å². The van der Waals surface area contributed by atoms with Crippen LogP contribution < -0.4 is 10.6 Å². The molecule has 2 aromatic rings. The Kier molecular flexibility index (Phi) is 5.14. The van der Waals surface area contributed by atoms with Gasteiger partial charge in [0.25, 0.3) is 5.91 Å². The van der Waals surface area contributed by atoms with Crippen LogP contribution in [0, 0.1) is 0 Å². The zero-order valence-corrected chi connectivity index (χ0v) is 12.6. The molecule has 0 atom stereocenters. The predicted octanol–water partition coefficient (Wildman–Crippen LogP) is 3.11. The highest BCUT2D eigenvalue weighted by atomic mass is 16.3. The Morgan fingerprint density at radius 1 is 1.14 bits per heavy atom. The molecule has 0 fully saturated rings. The van der Waals surface area contributed by atoms with Crippen LogP contribution in [0.4, 0.5) is 5.69 Å². The highest BCUT2D eigenvalue weighted by molar-refractivity contribution is 6.02. The fraction of sp³-hybridized carbons (Fsp3) is 0.176. The van der Waals surface area contributed by atoms with Crippen LogP contribution in [0.3, 0.4) is 0 Å². The summed E-state index contributed by atoms with van der Waals surface area (Å²) in [6.07, 6.45) is 3.01. The Bertz CT molecular complexity index is 666. The Balaban J connectivity index is 1.89. The van der Waals surface area contributed by atoms with E-state index in [2.05, 4.69) is 10.6 Å². The lowest BCUT2D eigenvalue weighted by atomic mass is 10.2. The van der Waals surface area contributed by atoms with Crippen molar-refractivity contribution < 1.29 is 14.0 Å². The highest BCUT2D eigenvalue weighted by Gasteiger charge is 2.08. The summed E-state index contributed by atoms with van der Waals surface area (Å²) in [6.45, 7) is 4.18. The highest BCUT2D eigenvalue weighted by Crippen LogP contribution is 2.11. The summed E-state index contributed by atoms with van der Waals surface area (Å²) < 4.78 is 5.02. The fourth-order valence-electron chi connectivity index (χ4n) is 1.81. The van der Waals surface area contributed by atoms with Crippen LogP contribution in [0.25, 0.3) is 0 Å². The van der Waals surface area contributed by atoms with Crippen molar-refractivity contribution in [1.82, 2.24) is 5.32 Å². The summed E-state index contributed by atoms with van der Waals surface area (Å²) in [5.41, 5.74) is 2.57. The quantitative estimate of drug-likeness (QED) is 0.833. The monoisotopic (exact) mass is 298 g/mol. The second-order valence-electron chi connectivity index (χ2n) is 5.07. The topological polar surface area (TPSA) is 71.3 Å². The maximum absolute atomic E-state index is 11.8. The average Bonchev–Trinajstić information content (AvgIpc) is 3.00. The molecule has 0 saturated heterocycles. The normalized spacial score (nSPS) is 9.91. The largest absolute Gasteiger partial charge is 0.459 e. The van der Waals surface area contributed by atoms with Crippen molar-refractivity contribution in [2.24, 2.45) is 0 Å². The van der Waals surface area contributed by atoms with Gasteiger partial charge in [-0.05, 0) is 43.7 Å². The number of anilines is 1. The summed E-state index contributed by atoms with van der Waals surface area (Å²) in [7, 11) is 0. The van der Waals surface area contributed by atoms with Crippen LogP contribution >= 0.6 is 0 Å². The molecular formula is C17H18N2O3. The molecule has 2 N–H and O–H groups in total. The summed E-state index contributed by atoms with van der Waals surface area (Å²) in [4.78, 5) is 23.3. The molecule has 5 nitrogen and oxygen atoms in total. The van der Waals surface area contributed by atoms with Gasteiger partial charge in [-0.15, -0.1) is 0 Å². The average molecular weight is 298 g/mol. The Morgan fingerprint density at radius 2 is 1.86 bits per heavy atom. The van der Waals surface area contributed by atoms with Gasteiger partial charge in [0, 0.05) is 18.3 Å². The smallest absolute Gasteiger partial charge is 0.291 e. The molecule has 2 rings (SSSR count). The molecule has 2 amide bonds. The number of nitrogens with one attached hydrogen (secondary N) is 2. The molecule has 22 heavy (non-hydrogen) atoms. The van der Waals surface area contributed by atoms with Gasteiger partial charge < -0.3 is 15.1 Å². The molecule has 114 valence electrons. The summed E-state index contributed by atoms with van der Waals surface area (Å²) in [5.74, 6) is -0.150. The third kappa shape index (κ3) is 4.63. The van der Waals surface area contributed by atoms with Crippen molar-refractivity contribution in [3.63, 3.8) is 0 Å². The zero-order valence-electron chi connectivity index (χ0n) is 12.6. The van der Waals surface area contributed by atoms with Crippen molar-refractivity contribution in [3.8, 4) is 0 Å². The molecule has 0 radical (unpaired) electrons. The SMILES string of the molecule is CC(C)=CC(=O)NCc1ccc(NC(=O)c2ccco2)cc1. The number of amides is 2. The first-order chi connectivity index (χ1) is 10.5. The van der Waals surface area contributed by atoms with Crippen LogP contribution in [0.15, 0.2) is 58.7 Å². The lowest BCUT2D eigenvalue weighted by Gasteiger charge is -2.06. The van der Waals surface area contributed by atoms with Gasteiger partial charge in [0.05, 0.1) is 6.26 Å². The van der Waals surface area contributed by atoms with Crippen LogP contribution in [0.2, 0.25) is 0 Å². The maximum atomic E-state index is 11.8. The minimum atomic E-state index is -0.297. The molecule has 1 heterocycles. The van der Waals surface area contributed by atoms with Crippen molar-refractivity contribution in [1.29, 1.82) is 0 Å². The minimum absolute atomic E-state index is 0.116. The summed E-state index contributed by atoms with van der Waals surface area (Å²) in [6, 6.07) is 10.5. The summed E-state index contributed by atoms with van der Waals surface area (Å²) in [5, 5.41) is 5.53. The summed E-state index contributed by atoms with van der Waals surface area (Å²) >= 11 is 0. The zero-order chi connectivity index (χ0) is 15.9.